The lowest BCUT2D eigenvalue weighted by Crippen LogP contribution is -2.23. The van der Waals surface area contributed by atoms with E-state index in [9.17, 15) is 9.18 Å². The number of para-hydroxylation sites is 1. The molecule has 128 valence electrons. The number of thioether (sulfide) groups is 1. The zero-order valence-corrected chi connectivity index (χ0v) is 14.6. The number of carbonyl (C=O) groups excluding carboxylic acids is 1. The fourth-order valence-corrected chi connectivity index (χ4v) is 3.08. The minimum Gasteiger partial charge on any atom is -0.323 e. The number of nitrogens with zero attached hydrogens (tertiary/aromatic N) is 3. The SMILES string of the molecule is C[C@H](Sc1nnc(-c2ccccc2)n1C)C(=O)Nc1ccccc1F. The third kappa shape index (κ3) is 3.88. The highest BCUT2D eigenvalue weighted by molar-refractivity contribution is 8.00. The molecule has 0 aliphatic carbocycles. The number of hydrogen-bond donors (Lipinski definition) is 1. The van der Waals surface area contributed by atoms with Crippen molar-refractivity contribution < 1.29 is 9.18 Å². The largest absolute Gasteiger partial charge is 0.323 e. The fourth-order valence-electron chi connectivity index (χ4n) is 2.26. The summed E-state index contributed by atoms with van der Waals surface area (Å²) in [7, 11) is 1.85. The van der Waals surface area contributed by atoms with E-state index in [1.807, 2.05) is 41.9 Å². The maximum atomic E-state index is 13.6. The van der Waals surface area contributed by atoms with Gasteiger partial charge in [-0.05, 0) is 19.1 Å². The van der Waals surface area contributed by atoms with Crippen LogP contribution in [0.1, 0.15) is 6.92 Å². The van der Waals surface area contributed by atoms with Gasteiger partial charge in [0.1, 0.15) is 5.82 Å². The van der Waals surface area contributed by atoms with Crippen molar-refractivity contribution in [2.24, 2.45) is 7.05 Å². The van der Waals surface area contributed by atoms with E-state index in [1.165, 1.54) is 23.9 Å². The van der Waals surface area contributed by atoms with Crippen LogP contribution < -0.4 is 5.32 Å². The maximum Gasteiger partial charge on any atom is 0.237 e. The molecule has 1 atom stereocenters. The molecule has 0 fully saturated rings. The summed E-state index contributed by atoms with van der Waals surface area (Å²) in [6.07, 6.45) is 0. The monoisotopic (exact) mass is 356 g/mol. The Bertz CT molecular complexity index is 882. The van der Waals surface area contributed by atoms with Crippen LogP contribution in [0, 0.1) is 5.82 Å². The fraction of sp³-hybridized carbons (Fsp3) is 0.167. The summed E-state index contributed by atoms with van der Waals surface area (Å²) in [5, 5.41) is 11.1. The first-order chi connectivity index (χ1) is 12.1. The van der Waals surface area contributed by atoms with Gasteiger partial charge in [-0.25, -0.2) is 4.39 Å². The molecule has 2 aromatic carbocycles. The number of carbonyl (C=O) groups is 1. The molecule has 0 spiro atoms. The Morgan fingerprint density at radius 1 is 1.12 bits per heavy atom. The van der Waals surface area contributed by atoms with Crippen molar-refractivity contribution in [2.75, 3.05) is 5.32 Å². The Hall–Kier alpha value is -2.67. The lowest BCUT2D eigenvalue weighted by Gasteiger charge is -2.12. The van der Waals surface area contributed by atoms with Gasteiger partial charge in [-0.15, -0.1) is 10.2 Å². The van der Waals surface area contributed by atoms with E-state index >= 15 is 0 Å². The van der Waals surface area contributed by atoms with Gasteiger partial charge in [-0.2, -0.15) is 0 Å². The second-order valence-corrected chi connectivity index (χ2v) is 6.77. The van der Waals surface area contributed by atoms with E-state index < -0.39 is 11.1 Å². The summed E-state index contributed by atoms with van der Waals surface area (Å²) in [4.78, 5) is 12.3. The molecule has 7 heteroatoms. The molecule has 1 amide bonds. The van der Waals surface area contributed by atoms with Crippen molar-refractivity contribution in [2.45, 2.75) is 17.3 Å². The summed E-state index contributed by atoms with van der Waals surface area (Å²) in [5.41, 5.74) is 1.12. The van der Waals surface area contributed by atoms with Crippen molar-refractivity contribution in [3.8, 4) is 11.4 Å². The molecule has 0 radical (unpaired) electrons. The molecular weight excluding hydrogens is 339 g/mol. The molecule has 3 rings (SSSR count). The molecule has 5 nitrogen and oxygen atoms in total. The summed E-state index contributed by atoms with van der Waals surface area (Å²) in [5.74, 6) is -0.0257. The summed E-state index contributed by atoms with van der Waals surface area (Å²) >= 11 is 1.27. The van der Waals surface area contributed by atoms with Crippen LogP contribution in [-0.2, 0) is 11.8 Å². The lowest BCUT2D eigenvalue weighted by molar-refractivity contribution is -0.115. The van der Waals surface area contributed by atoms with Crippen LogP contribution in [0.4, 0.5) is 10.1 Å². The maximum absolute atomic E-state index is 13.6. The zero-order chi connectivity index (χ0) is 17.8. The van der Waals surface area contributed by atoms with Crippen molar-refractivity contribution in [3.05, 3.63) is 60.4 Å². The molecule has 1 heterocycles. The molecule has 3 aromatic rings. The molecule has 0 bridgehead atoms. The van der Waals surface area contributed by atoms with Gasteiger partial charge in [0, 0.05) is 12.6 Å². The van der Waals surface area contributed by atoms with Crippen LogP contribution in [0.25, 0.3) is 11.4 Å². The number of aromatic nitrogens is 3. The van der Waals surface area contributed by atoms with Crippen molar-refractivity contribution in [3.63, 3.8) is 0 Å². The normalized spacial score (nSPS) is 12.0. The van der Waals surface area contributed by atoms with Crippen molar-refractivity contribution in [1.82, 2.24) is 14.8 Å². The topological polar surface area (TPSA) is 59.8 Å². The third-order valence-electron chi connectivity index (χ3n) is 3.65. The lowest BCUT2D eigenvalue weighted by atomic mass is 10.2. The first-order valence-corrected chi connectivity index (χ1v) is 8.61. The van der Waals surface area contributed by atoms with Gasteiger partial charge in [0.05, 0.1) is 10.9 Å². The van der Waals surface area contributed by atoms with Crippen LogP contribution in [0.5, 0.6) is 0 Å². The molecule has 0 aliphatic heterocycles. The summed E-state index contributed by atoms with van der Waals surface area (Å²) < 4.78 is 15.5. The molecule has 0 unspecified atom stereocenters. The standard InChI is InChI=1S/C18H17FN4OS/c1-12(17(24)20-15-11-7-6-10-14(15)19)25-18-22-21-16(23(18)2)13-8-4-3-5-9-13/h3-12H,1-2H3,(H,20,24)/t12-/m0/s1. The van der Waals surface area contributed by atoms with E-state index in [4.69, 9.17) is 0 Å². The van der Waals surface area contributed by atoms with E-state index in [1.54, 1.807) is 19.1 Å². The predicted octanol–water partition coefficient (Wildman–Crippen LogP) is 3.74. The average Bonchev–Trinajstić information content (AvgIpc) is 2.98. The summed E-state index contributed by atoms with van der Waals surface area (Å²) in [6, 6.07) is 15.8. The third-order valence-corrected chi connectivity index (χ3v) is 4.78. The van der Waals surface area contributed by atoms with Gasteiger partial charge in [0.25, 0.3) is 0 Å². The quantitative estimate of drug-likeness (QED) is 0.708. The first kappa shape index (κ1) is 17.2. The number of benzene rings is 2. The minimum atomic E-state index is -0.460. The highest BCUT2D eigenvalue weighted by Gasteiger charge is 2.20. The highest BCUT2D eigenvalue weighted by atomic mass is 32.2. The molecule has 0 aliphatic rings. The van der Waals surface area contributed by atoms with Gasteiger partial charge >= 0.3 is 0 Å². The number of hydrogen-bond acceptors (Lipinski definition) is 4. The van der Waals surface area contributed by atoms with Crippen LogP contribution in [0.15, 0.2) is 59.8 Å². The Morgan fingerprint density at radius 2 is 1.80 bits per heavy atom. The number of rotatable bonds is 5. The van der Waals surface area contributed by atoms with E-state index in [-0.39, 0.29) is 11.6 Å². The van der Waals surface area contributed by atoms with Gasteiger partial charge in [-0.3, -0.25) is 4.79 Å². The average molecular weight is 356 g/mol. The van der Waals surface area contributed by atoms with Gasteiger partial charge in [-0.1, -0.05) is 54.2 Å². The number of nitrogens with one attached hydrogen (secondary N) is 1. The molecule has 0 saturated heterocycles. The second kappa shape index (κ2) is 7.48. The second-order valence-electron chi connectivity index (χ2n) is 5.46. The molecule has 0 saturated carbocycles. The Labute approximate surface area is 149 Å². The summed E-state index contributed by atoms with van der Waals surface area (Å²) in [6.45, 7) is 1.75. The number of amides is 1. The molecule has 25 heavy (non-hydrogen) atoms. The van der Waals surface area contributed by atoms with E-state index in [0.717, 1.165) is 11.4 Å². The van der Waals surface area contributed by atoms with Crippen LogP contribution in [0.2, 0.25) is 0 Å². The Kier molecular flexibility index (Phi) is 5.14. The van der Waals surface area contributed by atoms with Crippen molar-refractivity contribution >= 4 is 23.4 Å². The first-order valence-electron chi connectivity index (χ1n) is 7.73. The van der Waals surface area contributed by atoms with Crippen LogP contribution in [-0.4, -0.2) is 25.9 Å². The zero-order valence-electron chi connectivity index (χ0n) is 13.8. The predicted molar refractivity (Wildman–Crippen MR) is 96.8 cm³/mol. The Morgan fingerprint density at radius 3 is 2.52 bits per heavy atom. The number of anilines is 1. The van der Waals surface area contributed by atoms with Crippen molar-refractivity contribution in [1.29, 1.82) is 0 Å². The smallest absolute Gasteiger partial charge is 0.237 e. The molecular formula is C18H17FN4OS. The van der Waals surface area contributed by atoms with Crippen LogP contribution >= 0.6 is 11.8 Å². The van der Waals surface area contributed by atoms with Gasteiger partial charge < -0.3 is 9.88 Å². The van der Waals surface area contributed by atoms with E-state index in [0.29, 0.717) is 5.16 Å². The van der Waals surface area contributed by atoms with Gasteiger partial charge in [0.2, 0.25) is 5.91 Å². The van der Waals surface area contributed by atoms with E-state index in [2.05, 4.69) is 15.5 Å². The minimum absolute atomic E-state index is 0.169. The van der Waals surface area contributed by atoms with Crippen LogP contribution in [0.3, 0.4) is 0 Å². The molecule has 1 N–H and O–H groups in total. The number of halogens is 1. The highest BCUT2D eigenvalue weighted by Crippen LogP contribution is 2.26. The van der Waals surface area contributed by atoms with Gasteiger partial charge in [0.15, 0.2) is 11.0 Å². The Balaban J connectivity index is 1.71. The molecule has 1 aromatic heterocycles.